The second-order valence-electron chi connectivity index (χ2n) is 9.96. The third kappa shape index (κ3) is 8.92. The third-order valence-corrected chi connectivity index (χ3v) is 8.54. The summed E-state index contributed by atoms with van der Waals surface area (Å²) in [5.41, 5.74) is 1.76. The fraction of sp³-hybridized carbons (Fsp3) is 0.655. The summed E-state index contributed by atoms with van der Waals surface area (Å²) in [6.45, 7) is 3.33. The number of pyridine rings is 1. The Kier molecular flexibility index (Phi) is 12.8. The van der Waals surface area contributed by atoms with Crippen LogP contribution < -0.4 is 4.74 Å². The van der Waals surface area contributed by atoms with Crippen molar-refractivity contribution in [1.82, 2.24) is 9.88 Å². The molecule has 1 fully saturated rings. The summed E-state index contributed by atoms with van der Waals surface area (Å²) < 4.78 is 5.37. The molecule has 1 unspecified atom stereocenters. The van der Waals surface area contributed by atoms with E-state index >= 15 is 0 Å². The lowest BCUT2D eigenvalue weighted by atomic mass is 9.81. The average Bonchev–Trinajstić information content (AvgIpc) is 2.92. The van der Waals surface area contributed by atoms with Gasteiger partial charge in [0.2, 0.25) is 0 Å². The highest BCUT2D eigenvalue weighted by atomic mass is 32.2. The SMILES string of the molecule is COc1ccc2nccc(C(O)CC[C@@H]3CCN(CCSCCCCCCCC#N)C[C@@H]3CO)c2c1. The Labute approximate surface area is 221 Å². The van der Waals surface area contributed by atoms with Crippen LogP contribution >= 0.6 is 11.8 Å². The van der Waals surface area contributed by atoms with Gasteiger partial charge in [-0.15, -0.1) is 0 Å². The van der Waals surface area contributed by atoms with Crippen molar-refractivity contribution in [1.29, 1.82) is 5.26 Å². The van der Waals surface area contributed by atoms with Crippen LogP contribution in [0.15, 0.2) is 30.5 Å². The molecule has 0 aliphatic carbocycles. The van der Waals surface area contributed by atoms with Gasteiger partial charge in [0.25, 0.3) is 0 Å². The summed E-state index contributed by atoms with van der Waals surface area (Å²) in [6, 6.07) is 9.89. The number of piperidine rings is 1. The first-order valence-corrected chi connectivity index (χ1v) is 14.7. The van der Waals surface area contributed by atoms with Gasteiger partial charge in [0.15, 0.2) is 0 Å². The summed E-state index contributed by atoms with van der Waals surface area (Å²) in [6.07, 6.45) is 10.6. The van der Waals surface area contributed by atoms with Gasteiger partial charge in [-0.1, -0.05) is 19.3 Å². The van der Waals surface area contributed by atoms with Crippen LogP contribution in [0.25, 0.3) is 10.9 Å². The molecule has 2 heterocycles. The van der Waals surface area contributed by atoms with E-state index < -0.39 is 6.10 Å². The number of methoxy groups -OCH3 is 1. The van der Waals surface area contributed by atoms with E-state index in [1.807, 2.05) is 36.0 Å². The number of ether oxygens (including phenoxy) is 1. The van der Waals surface area contributed by atoms with Gasteiger partial charge in [0, 0.05) is 43.5 Å². The highest BCUT2D eigenvalue weighted by molar-refractivity contribution is 7.99. The van der Waals surface area contributed by atoms with E-state index in [1.165, 1.54) is 31.4 Å². The topological polar surface area (TPSA) is 89.6 Å². The number of hydrogen-bond donors (Lipinski definition) is 2. The Balaban J connectivity index is 1.37. The lowest BCUT2D eigenvalue weighted by Gasteiger charge is -2.38. The van der Waals surface area contributed by atoms with Crippen LogP contribution in [-0.4, -0.2) is 65.0 Å². The normalized spacial score (nSPS) is 19.3. The number of rotatable bonds is 16. The zero-order valence-corrected chi connectivity index (χ0v) is 22.6. The molecule has 3 atom stereocenters. The lowest BCUT2D eigenvalue weighted by molar-refractivity contribution is 0.0608. The largest absolute Gasteiger partial charge is 0.497 e. The molecule has 0 radical (unpaired) electrons. The van der Waals surface area contributed by atoms with Gasteiger partial charge in [-0.05, 0) is 86.1 Å². The second-order valence-corrected chi connectivity index (χ2v) is 11.2. The molecule has 36 heavy (non-hydrogen) atoms. The van der Waals surface area contributed by atoms with Gasteiger partial charge in [0.05, 0.1) is 24.8 Å². The molecule has 0 amide bonds. The van der Waals surface area contributed by atoms with Crippen molar-refractivity contribution in [3.63, 3.8) is 0 Å². The van der Waals surface area contributed by atoms with Crippen LogP contribution in [-0.2, 0) is 0 Å². The van der Waals surface area contributed by atoms with E-state index in [9.17, 15) is 10.2 Å². The molecule has 0 bridgehead atoms. The smallest absolute Gasteiger partial charge is 0.119 e. The minimum atomic E-state index is -0.553. The standard InChI is InChI=1S/C29H43N3O3S/c1-35-25-9-10-28-27(20-25)26(12-15-31-28)29(34)11-8-23-13-16-32(21-24(23)22-33)17-19-36-18-7-5-3-2-4-6-14-30/h9-10,12,15,20,23-24,29,33-34H,2-8,11,13,16-19,21-22H2,1H3/t23-,24-,29?/m1/s1. The molecule has 198 valence electrons. The van der Waals surface area contributed by atoms with Crippen molar-refractivity contribution >= 4 is 22.7 Å². The fourth-order valence-corrected chi connectivity index (χ4v) is 6.27. The van der Waals surface area contributed by atoms with Crippen LogP contribution in [0.5, 0.6) is 5.75 Å². The molecular formula is C29H43N3O3S. The Bertz CT molecular complexity index is 951. The zero-order valence-electron chi connectivity index (χ0n) is 21.8. The van der Waals surface area contributed by atoms with E-state index in [0.29, 0.717) is 18.8 Å². The monoisotopic (exact) mass is 513 g/mol. The average molecular weight is 514 g/mol. The molecule has 7 heteroatoms. The first-order chi connectivity index (χ1) is 17.7. The summed E-state index contributed by atoms with van der Waals surface area (Å²) in [5, 5.41) is 30.6. The van der Waals surface area contributed by atoms with E-state index in [1.54, 1.807) is 13.3 Å². The summed E-state index contributed by atoms with van der Waals surface area (Å²) >= 11 is 2.04. The predicted molar refractivity (Wildman–Crippen MR) is 148 cm³/mol. The van der Waals surface area contributed by atoms with Crippen LogP contribution in [0.2, 0.25) is 0 Å². The molecule has 0 spiro atoms. The van der Waals surface area contributed by atoms with Crippen molar-refractivity contribution in [2.45, 2.75) is 63.9 Å². The molecule has 0 saturated carbocycles. The van der Waals surface area contributed by atoms with Gasteiger partial charge in [-0.3, -0.25) is 4.98 Å². The summed E-state index contributed by atoms with van der Waals surface area (Å²) in [5.74, 6) is 3.85. The minimum absolute atomic E-state index is 0.214. The Morgan fingerprint density at radius 1 is 1.17 bits per heavy atom. The van der Waals surface area contributed by atoms with E-state index in [-0.39, 0.29) is 12.5 Å². The maximum Gasteiger partial charge on any atom is 0.119 e. The number of likely N-dealkylation sites (tertiary alicyclic amines) is 1. The maximum atomic E-state index is 11.0. The number of benzene rings is 1. The van der Waals surface area contributed by atoms with Crippen molar-refractivity contribution < 1.29 is 14.9 Å². The fourth-order valence-electron chi connectivity index (χ4n) is 5.27. The highest BCUT2D eigenvalue weighted by Crippen LogP contribution is 2.33. The quantitative estimate of drug-likeness (QED) is 0.283. The Morgan fingerprint density at radius 2 is 2.00 bits per heavy atom. The highest BCUT2D eigenvalue weighted by Gasteiger charge is 2.29. The molecule has 6 nitrogen and oxygen atoms in total. The van der Waals surface area contributed by atoms with Crippen LogP contribution in [0.4, 0.5) is 0 Å². The minimum Gasteiger partial charge on any atom is -0.497 e. The number of aromatic nitrogens is 1. The molecule has 1 saturated heterocycles. The van der Waals surface area contributed by atoms with Gasteiger partial charge < -0.3 is 19.8 Å². The number of aliphatic hydroxyl groups excluding tert-OH is 2. The van der Waals surface area contributed by atoms with Crippen LogP contribution in [0.1, 0.15) is 69.5 Å². The first-order valence-electron chi connectivity index (χ1n) is 13.5. The molecule has 1 aromatic carbocycles. The molecule has 1 aliphatic rings. The summed E-state index contributed by atoms with van der Waals surface area (Å²) in [4.78, 5) is 6.93. The number of thioether (sulfide) groups is 1. The molecule has 3 rings (SSSR count). The molecule has 2 aromatic rings. The van der Waals surface area contributed by atoms with Gasteiger partial charge in [-0.25, -0.2) is 0 Å². The molecule has 1 aromatic heterocycles. The zero-order chi connectivity index (χ0) is 25.6. The Hall–Kier alpha value is -1.85. The summed E-state index contributed by atoms with van der Waals surface area (Å²) in [7, 11) is 1.65. The second kappa shape index (κ2) is 16.1. The third-order valence-electron chi connectivity index (χ3n) is 7.49. The van der Waals surface area contributed by atoms with E-state index in [0.717, 1.165) is 66.9 Å². The lowest BCUT2D eigenvalue weighted by Crippen LogP contribution is -2.43. The van der Waals surface area contributed by atoms with Gasteiger partial charge in [-0.2, -0.15) is 17.0 Å². The molecule has 1 aliphatic heterocycles. The first kappa shape index (κ1) is 28.7. The number of nitriles is 1. The van der Waals surface area contributed by atoms with Gasteiger partial charge >= 0.3 is 0 Å². The number of hydrogen-bond acceptors (Lipinski definition) is 7. The van der Waals surface area contributed by atoms with Gasteiger partial charge in [0.1, 0.15) is 5.75 Å². The van der Waals surface area contributed by atoms with Crippen molar-refractivity contribution in [3.8, 4) is 11.8 Å². The van der Waals surface area contributed by atoms with Crippen molar-refractivity contribution in [2.75, 3.05) is 44.9 Å². The maximum absolute atomic E-state index is 11.0. The van der Waals surface area contributed by atoms with Crippen molar-refractivity contribution in [3.05, 3.63) is 36.0 Å². The molecule has 2 N–H and O–H groups in total. The Morgan fingerprint density at radius 3 is 2.81 bits per heavy atom. The number of fused-ring (bicyclic) bond motifs is 1. The van der Waals surface area contributed by atoms with E-state index in [4.69, 9.17) is 10.00 Å². The van der Waals surface area contributed by atoms with Crippen LogP contribution in [0.3, 0.4) is 0 Å². The van der Waals surface area contributed by atoms with Crippen molar-refractivity contribution in [2.24, 2.45) is 11.8 Å². The van der Waals surface area contributed by atoms with Crippen LogP contribution in [0, 0.1) is 23.2 Å². The van der Waals surface area contributed by atoms with E-state index in [2.05, 4.69) is 16.0 Å². The number of unbranched alkanes of at least 4 members (excludes halogenated alkanes) is 5. The number of nitrogens with zero attached hydrogens (tertiary/aromatic N) is 3. The predicted octanol–water partition coefficient (Wildman–Crippen LogP) is 5.58. The number of aliphatic hydroxyl groups is 2. The molecular weight excluding hydrogens is 470 g/mol.